The Morgan fingerprint density at radius 3 is 2.58 bits per heavy atom. The topological polar surface area (TPSA) is 57.6 Å². The third-order valence-electron chi connectivity index (χ3n) is 4.91. The summed E-state index contributed by atoms with van der Waals surface area (Å²) in [6, 6.07) is 2.39. The van der Waals surface area contributed by atoms with Gasteiger partial charge in [0.25, 0.3) is 0 Å². The summed E-state index contributed by atoms with van der Waals surface area (Å²) in [5.41, 5.74) is -1.23. The van der Waals surface area contributed by atoms with Gasteiger partial charge in [-0.15, -0.1) is 0 Å². The average molecular weight is 373 g/mol. The summed E-state index contributed by atoms with van der Waals surface area (Å²) in [7, 11) is 0. The Morgan fingerprint density at radius 1 is 1.27 bits per heavy atom. The summed E-state index contributed by atoms with van der Waals surface area (Å²) in [6.45, 7) is 6.93. The van der Waals surface area contributed by atoms with Gasteiger partial charge >= 0.3 is 6.18 Å². The molecule has 2 N–H and O–H groups in total. The number of halogens is 3. The molecule has 4 unspecified atom stereocenters. The van der Waals surface area contributed by atoms with Crippen molar-refractivity contribution in [2.45, 2.75) is 57.8 Å². The smallest absolute Gasteiger partial charge is 0.369 e. The number of alkyl halides is 3. The lowest BCUT2D eigenvalue weighted by atomic mass is 10.0. The van der Waals surface area contributed by atoms with Gasteiger partial charge in [0.05, 0.1) is 11.2 Å². The molecule has 0 bridgehead atoms. The van der Waals surface area contributed by atoms with Gasteiger partial charge in [-0.3, -0.25) is 4.90 Å². The second-order valence-electron chi connectivity index (χ2n) is 8.21. The lowest BCUT2D eigenvalue weighted by molar-refractivity contribution is -0.252. The van der Waals surface area contributed by atoms with E-state index in [1.807, 2.05) is 25.7 Å². The van der Waals surface area contributed by atoms with Crippen molar-refractivity contribution in [3.8, 4) is 0 Å². The van der Waals surface area contributed by atoms with Gasteiger partial charge in [0.1, 0.15) is 5.82 Å². The molecule has 3 rings (SSSR count). The van der Waals surface area contributed by atoms with E-state index in [0.29, 0.717) is 24.2 Å². The molecule has 1 aliphatic carbocycles. The van der Waals surface area contributed by atoms with E-state index in [1.54, 1.807) is 0 Å². The predicted molar refractivity (Wildman–Crippen MR) is 91.3 cm³/mol. The number of fused-ring (bicyclic) bond motifs is 1. The molecule has 2 aliphatic rings. The molecule has 8 heteroatoms. The molecular formula is C18H26F3N3O2. The number of ether oxygens (including phenoxy) is 1. The summed E-state index contributed by atoms with van der Waals surface area (Å²) in [4.78, 5) is 5.79. The van der Waals surface area contributed by atoms with Gasteiger partial charge in [-0.25, -0.2) is 4.98 Å². The van der Waals surface area contributed by atoms with Crippen LogP contribution in [0.3, 0.4) is 0 Å². The SMILES string of the molecule is CC(C)(C)OC(O)N1CC2CC2CC1CNc1ccc(C(F)(F)F)cn1. The van der Waals surface area contributed by atoms with Crippen LogP contribution in [0.5, 0.6) is 0 Å². The van der Waals surface area contributed by atoms with E-state index in [-0.39, 0.29) is 6.04 Å². The molecule has 1 saturated heterocycles. The maximum Gasteiger partial charge on any atom is 0.417 e. The largest absolute Gasteiger partial charge is 0.417 e. The van der Waals surface area contributed by atoms with Crippen LogP contribution < -0.4 is 5.32 Å². The molecule has 4 atom stereocenters. The van der Waals surface area contributed by atoms with Gasteiger partial charge in [-0.1, -0.05) is 0 Å². The van der Waals surface area contributed by atoms with Gasteiger partial charge in [-0.2, -0.15) is 13.2 Å². The van der Waals surface area contributed by atoms with Crippen molar-refractivity contribution in [1.82, 2.24) is 9.88 Å². The molecule has 0 radical (unpaired) electrons. The quantitative estimate of drug-likeness (QED) is 0.776. The van der Waals surface area contributed by atoms with E-state index < -0.39 is 23.8 Å². The molecule has 2 heterocycles. The lowest BCUT2D eigenvalue weighted by Crippen LogP contribution is -2.52. The third-order valence-corrected chi connectivity index (χ3v) is 4.91. The minimum absolute atomic E-state index is 0.0418. The normalized spacial score (nSPS) is 27.7. The highest BCUT2D eigenvalue weighted by Gasteiger charge is 2.47. The fourth-order valence-electron chi connectivity index (χ4n) is 3.47. The second-order valence-corrected chi connectivity index (χ2v) is 8.21. The maximum absolute atomic E-state index is 12.6. The molecule has 1 saturated carbocycles. The first-order valence-corrected chi connectivity index (χ1v) is 8.92. The van der Waals surface area contributed by atoms with Crippen molar-refractivity contribution >= 4 is 5.82 Å². The van der Waals surface area contributed by atoms with Gasteiger partial charge in [-0.05, 0) is 57.6 Å². The highest BCUT2D eigenvalue weighted by molar-refractivity contribution is 5.36. The number of hydrogen-bond donors (Lipinski definition) is 2. The van der Waals surface area contributed by atoms with Crippen molar-refractivity contribution in [2.24, 2.45) is 11.8 Å². The van der Waals surface area contributed by atoms with E-state index in [0.717, 1.165) is 31.6 Å². The Hall–Kier alpha value is -1.38. The number of pyridine rings is 1. The molecule has 5 nitrogen and oxygen atoms in total. The summed E-state index contributed by atoms with van der Waals surface area (Å²) < 4.78 is 43.5. The zero-order valence-electron chi connectivity index (χ0n) is 15.3. The highest BCUT2D eigenvalue weighted by Crippen LogP contribution is 2.47. The Kier molecular flexibility index (Phi) is 5.20. The molecule has 2 fully saturated rings. The van der Waals surface area contributed by atoms with E-state index in [2.05, 4.69) is 10.3 Å². The number of nitrogens with one attached hydrogen (secondary N) is 1. The molecule has 0 amide bonds. The fraction of sp³-hybridized carbons (Fsp3) is 0.722. The first kappa shape index (κ1) is 19.4. The molecule has 0 spiro atoms. The van der Waals surface area contributed by atoms with Crippen LogP contribution in [0.4, 0.5) is 19.0 Å². The number of nitrogens with zero attached hydrogens (tertiary/aromatic N) is 2. The highest BCUT2D eigenvalue weighted by atomic mass is 19.4. The molecule has 0 aromatic carbocycles. The van der Waals surface area contributed by atoms with E-state index in [1.165, 1.54) is 6.07 Å². The van der Waals surface area contributed by atoms with Crippen LogP contribution in [0.1, 0.15) is 39.2 Å². The number of piperidine rings is 1. The van der Waals surface area contributed by atoms with Crippen LogP contribution in [0, 0.1) is 11.8 Å². The predicted octanol–water partition coefficient (Wildman–Crippen LogP) is 3.31. The maximum atomic E-state index is 12.6. The second kappa shape index (κ2) is 6.98. The monoisotopic (exact) mass is 373 g/mol. The zero-order chi connectivity index (χ0) is 19.1. The van der Waals surface area contributed by atoms with Crippen molar-refractivity contribution in [2.75, 3.05) is 18.4 Å². The molecule has 1 aromatic heterocycles. The van der Waals surface area contributed by atoms with Gasteiger partial charge in [0.2, 0.25) is 6.41 Å². The van der Waals surface area contributed by atoms with Crippen LogP contribution in [-0.2, 0) is 10.9 Å². The first-order valence-electron chi connectivity index (χ1n) is 8.92. The van der Waals surface area contributed by atoms with Crippen LogP contribution in [0.25, 0.3) is 0 Å². The van der Waals surface area contributed by atoms with Crippen molar-refractivity contribution in [3.63, 3.8) is 0 Å². The third kappa shape index (κ3) is 4.86. The Morgan fingerprint density at radius 2 is 2.00 bits per heavy atom. The van der Waals surface area contributed by atoms with Crippen molar-refractivity contribution in [3.05, 3.63) is 23.9 Å². The number of aromatic nitrogens is 1. The summed E-state index contributed by atoms with van der Waals surface area (Å²) in [6.07, 6.45) is -2.46. The summed E-state index contributed by atoms with van der Waals surface area (Å²) in [5.74, 6) is 1.66. The van der Waals surface area contributed by atoms with Crippen LogP contribution >= 0.6 is 0 Å². The summed E-state index contributed by atoms with van der Waals surface area (Å²) in [5, 5.41) is 13.6. The molecule has 1 aliphatic heterocycles. The van der Waals surface area contributed by atoms with Crippen LogP contribution in [0.2, 0.25) is 0 Å². The van der Waals surface area contributed by atoms with Crippen molar-refractivity contribution < 1.29 is 23.0 Å². The number of hydrogen-bond acceptors (Lipinski definition) is 5. The number of likely N-dealkylation sites (tertiary alicyclic amines) is 1. The Balaban J connectivity index is 1.61. The first-order chi connectivity index (χ1) is 12.0. The Labute approximate surface area is 151 Å². The minimum atomic E-state index is -4.39. The fourth-order valence-corrected chi connectivity index (χ4v) is 3.47. The van der Waals surface area contributed by atoms with Gasteiger partial charge in [0, 0.05) is 25.3 Å². The molecule has 26 heavy (non-hydrogen) atoms. The Bertz CT molecular complexity index is 616. The van der Waals surface area contributed by atoms with Gasteiger partial charge in [0.15, 0.2) is 0 Å². The van der Waals surface area contributed by atoms with Crippen LogP contribution in [-0.4, -0.2) is 46.1 Å². The van der Waals surface area contributed by atoms with E-state index in [9.17, 15) is 18.3 Å². The average Bonchev–Trinajstić information content (AvgIpc) is 3.28. The van der Waals surface area contributed by atoms with E-state index >= 15 is 0 Å². The standard InChI is InChI=1S/C18H26F3N3O2/c1-17(2,3)26-16(25)24-10-12-6-11(12)7-14(24)9-23-15-5-4-13(8-22-15)18(19,20)21/h4-5,8,11-12,14,16,25H,6-7,9-10H2,1-3H3,(H,22,23). The number of anilines is 1. The molecular weight excluding hydrogens is 347 g/mol. The van der Waals surface area contributed by atoms with E-state index in [4.69, 9.17) is 4.74 Å². The number of rotatable bonds is 5. The van der Waals surface area contributed by atoms with Crippen LogP contribution in [0.15, 0.2) is 18.3 Å². The zero-order valence-corrected chi connectivity index (χ0v) is 15.3. The van der Waals surface area contributed by atoms with Crippen molar-refractivity contribution in [1.29, 1.82) is 0 Å². The minimum Gasteiger partial charge on any atom is -0.369 e. The van der Waals surface area contributed by atoms with Gasteiger partial charge < -0.3 is 15.2 Å². The molecule has 146 valence electrons. The molecule has 1 aromatic rings. The summed E-state index contributed by atoms with van der Waals surface area (Å²) >= 11 is 0. The number of aliphatic hydroxyl groups is 1. The number of aliphatic hydroxyl groups excluding tert-OH is 1. The lowest BCUT2D eigenvalue weighted by Gasteiger charge is -2.40.